The number of hydrogen-bond donors (Lipinski definition) is 1. The van der Waals surface area contributed by atoms with Gasteiger partial charge in [0.25, 0.3) is 0 Å². The average Bonchev–Trinajstić information content (AvgIpc) is 2.90. The zero-order chi connectivity index (χ0) is 15.5. The van der Waals surface area contributed by atoms with Crippen molar-refractivity contribution in [3.63, 3.8) is 0 Å². The van der Waals surface area contributed by atoms with Crippen LogP contribution in [0.25, 0.3) is 0 Å². The van der Waals surface area contributed by atoms with Crippen molar-refractivity contribution in [2.24, 2.45) is 4.99 Å². The van der Waals surface area contributed by atoms with Crippen molar-refractivity contribution < 1.29 is 4.74 Å². The Kier molecular flexibility index (Phi) is 5.08. The number of nitrogens with one attached hydrogen (secondary N) is 1. The summed E-state index contributed by atoms with van der Waals surface area (Å²) in [6.45, 7) is 4.71. The molecule has 1 unspecified atom stereocenters. The Labute approximate surface area is 140 Å². The first-order valence-electron chi connectivity index (χ1n) is 7.58. The van der Waals surface area contributed by atoms with Crippen molar-refractivity contribution in [3.8, 4) is 0 Å². The molecule has 0 saturated carbocycles. The highest BCUT2D eigenvalue weighted by Gasteiger charge is 2.26. The van der Waals surface area contributed by atoms with Crippen molar-refractivity contribution in [3.05, 3.63) is 28.2 Å². The van der Waals surface area contributed by atoms with Crippen LogP contribution in [-0.2, 0) is 4.74 Å². The molecule has 0 radical (unpaired) electrons. The first-order valence-corrected chi connectivity index (χ1v) is 8.33. The third-order valence-corrected chi connectivity index (χ3v) is 4.54. The number of amidine groups is 1. The molecule has 2 aliphatic rings. The zero-order valence-corrected chi connectivity index (χ0v) is 14.1. The smallest absolute Gasteiger partial charge is 0.310 e. The third kappa shape index (κ3) is 3.66. The van der Waals surface area contributed by atoms with Crippen LogP contribution in [0.5, 0.6) is 0 Å². The van der Waals surface area contributed by atoms with E-state index in [-0.39, 0.29) is 6.17 Å². The first-order chi connectivity index (χ1) is 10.6. The number of ether oxygens (including phenoxy) is 1. The first kappa shape index (κ1) is 15.9. The Morgan fingerprint density at radius 3 is 2.73 bits per heavy atom. The van der Waals surface area contributed by atoms with Gasteiger partial charge in [0.05, 0.1) is 15.7 Å². The summed E-state index contributed by atoms with van der Waals surface area (Å²) in [5.41, 5.74) is 4.10. The second kappa shape index (κ2) is 7.04. The molecule has 5 nitrogen and oxygen atoms in total. The van der Waals surface area contributed by atoms with Crippen LogP contribution in [0, 0.1) is 0 Å². The Morgan fingerprint density at radius 2 is 2.00 bits per heavy atom. The lowest BCUT2D eigenvalue weighted by molar-refractivity contribution is 0.0966. The van der Waals surface area contributed by atoms with Gasteiger partial charge in [0.15, 0.2) is 0 Å². The molecule has 120 valence electrons. The van der Waals surface area contributed by atoms with Crippen molar-refractivity contribution in [2.75, 3.05) is 24.8 Å². The van der Waals surface area contributed by atoms with Gasteiger partial charge in [-0.2, -0.15) is 0 Å². The lowest BCUT2D eigenvalue weighted by atomic mass is 10.1. The molecule has 1 atom stereocenters. The molecule has 7 heteroatoms. The normalized spacial score (nSPS) is 22.8. The van der Waals surface area contributed by atoms with Gasteiger partial charge in [-0.25, -0.2) is 15.4 Å². The van der Waals surface area contributed by atoms with E-state index in [4.69, 9.17) is 27.9 Å². The fourth-order valence-corrected chi connectivity index (χ4v) is 2.94. The molecule has 2 aliphatic heterocycles. The second-order valence-corrected chi connectivity index (χ2v) is 6.42. The van der Waals surface area contributed by atoms with Crippen LogP contribution in [0.3, 0.4) is 0 Å². The highest BCUT2D eigenvalue weighted by atomic mass is 35.5. The number of halogens is 2. The average molecular weight is 343 g/mol. The standard InChI is InChI=1S/C15H20Cl2N4O/c1-11-18-15(22-10-20-7-3-2-4-8-20)21(19-11)12-5-6-13(16)14(17)9-12/h5-6,9,11,19H,2-4,7-8,10H2,1H3. The lowest BCUT2D eigenvalue weighted by Gasteiger charge is -2.27. The van der Waals surface area contributed by atoms with Gasteiger partial charge >= 0.3 is 6.02 Å². The predicted molar refractivity (Wildman–Crippen MR) is 90.3 cm³/mol. The number of aliphatic imine (C=N–C) groups is 1. The molecule has 2 heterocycles. The fraction of sp³-hybridized carbons (Fsp3) is 0.533. The quantitative estimate of drug-likeness (QED) is 0.912. The highest BCUT2D eigenvalue weighted by molar-refractivity contribution is 6.42. The van der Waals surface area contributed by atoms with Crippen LogP contribution >= 0.6 is 23.2 Å². The van der Waals surface area contributed by atoms with Gasteiger partial charge in [0.2, 0.25) is 0 Å². The number of hydrazine groups is 1. The number of benzene rings is 1. The van der Waals surface area contributed by atoms with E-state index in [0.717, 1.165) is 18.8 Å². The monoisotopic (exact) mass is 342 g/mol. The number of nitrogens with zero attached hydrogens (tertiary/aromatic N) is 3. The summed E-state index contributed by atoms with van der Waals surface area (Å²) in [7, 11) is 0. The molecule has 0 spiro atoms. The largest absolute Gasteiger partial charge is 0.448 e. The molecule has 0 amide bonds. The Morgan fingerprint density at radius 1 is 1.23 bits per heavy atom. The molecule has 22 heavy (non-hydrogen) atoms. The Balaban J connectivity index is 1.67. The van der Waals surface area contributed by atoms with Crippen LogP contribution in [0.4, 0.5) is 5.69 Å². The molecule has 1 aromatic carbocycles. The molecule has 0 aromatic heterocycles. The van der Waals surface area contributed by atoms with Gasteiger partial charge < -0.3 is 4.74 Å². The van der Waals surface area contributed by atoms with Gasteiger partial charge in [-0.1, -0.05) is 29.6 Å². The van der Waals surface area contributed by atoms with Gasteiger partial charge in [-0.15, -0.1) is 0 Å². The minimum absolute atomic E-state index is 0.0363. The minimum atomic E-state index is -0.0363. The maximum atomic E-state index is 6.10. The molecule has 1 saturated heterocycles. The Hall–Kier alpha value is -1.01. The summed E-state index contributed by atoms with van der Waals surface area (Å²) in [5.74, 6) is 0. The van der Waals surface area contributed by atoms with Crippen molar-refractivity contribution in [1.29, 1.82) is 0 Å². The van der Waals surface area contributed by atoms with Gasteiger partial charge in [0.1, 0.15) is 12.9 Å². The predicted octanol–water partition coefficient (Wildman–Crippen LogP) is 3.48. The van der Waals surface area contributed by atoms with E-state index in [1.54, 1.807) is 12.1 Å². The molecular formula is C15H20Cl2N4O. The molecule has 0 aliphatic carbocycles. The van der Waals surface area contributed by atoms with Crippen LogP contribution in [0.2, 0.25) is 10.0 Å². The van der Waals surface area contributed by atoms with E-state index in [0.29, 0.717) is 22.8 Å². The van der Waals surface area contributed by atoms with Gasteiger partial charge in [-0.3, -0.25) is 4.90 Å². The van der Waals surface area contributed by atoms with Gasteiger partial charge in [0, 0.05) is 13.1 Å². The molecule has 1 aromatic rings. The number of rotatable bonds is 3. The maximum absolute atomic E-state index is 6.10. The fourth-order valence-electron chi connectivity index (χ4n) is 2.64. The lowest BCUT2D eigenvalue weighted by Crippen LogP contribution is -2.42. The summed E-state index contributed by atoms with van der Waals surface area (Å²) in [6.07, 6.45) is 3.75. The van der Waals surface area contributed by atoms with Gasteiger partial charge in [-0.05, 0) is 38.0 Å². The summed E-state index contributed by atoms with van der Waals surface area (Å²) in [4.78, 5) is 6.80. The van der Waals surface area contributed by atoms with Crippen LogP contribution in [-0.4, -0.2) is 36.9 Å². The van der Waals surface area contributed by atoms with E-state index in [1.807, 2.05) is 18.0 Å². The van der Waals surface area contributed by atoms with Crippen molar-refractivity contribution in [2.45, 2.75) is 32.4 Å². The third-order valence-electron chi connectivity index (χ3n) is 3.80. The van der Waals surface area contributed by atoms with Crippen LogP contribution < -0.4 is 10.4 Å². The van der Waals surface area contributed by atoms with Crippen LogP contribution in [0.15, 0.2) is 23.2 Å². The summed E-state index contributed by atoms with van der Waals surface area (Å²) >= 11 is 12.1. The van der Waals surface area contributed by atoms with Crippen LogP contribution in [0.1, 0.15) is 26.2 Å². The summed E-state index contributed by atoms with van der Waals surface area (Å²) in [5, 5.41) is 2.86. The van der Waals surface area contributed by atoms with E-state index in [9.17, 15) is 0 Å². The van der Waals surface area contributed by atoms with E-state index >= 15 is 0 Å². The molecule has 1 fully saturated rings. The molecule has 0 bridgehead atoms. The van der Waals surface area contributed by atoms with Crippen molar-refractivity contribution in [1.82, 2.24) is 10.3 Å². The summed E-state index contributed by atoms with van der Waals surface area (Å²) in [6, 6.07) is 6.02. The zero-order valence-electron chi connectivity index (χ0n) is 12.6. The number of likely N-dealkylation sites (tertiary alicyclic amines) is 1. The summed E-state index contributed by atoms with van der Waals surface area (Å²) < 4.78 is 5.91. The molecule has 3 rings (SSSR count). The highest BCUT2D eigenvalue weighted by Crippen LogP contribution is 2.28. The topological polar surface area (TPSA) is 40.1 Å². The SMILES string of the molecule is CC1N=C(OCN2CCCCC2)N(c2ccc(Cl)c(Cl)c2)N1. The Bertz CT molecular complexity index is 560. The number of piperidine rings is 1. The molecule has 1 N–H and O–H groups in total. The second-order valence-electron chi connectivity index (χ2n) is 5.60. The number of anilines is 1. The van der Waals surface area contributed by atoms with E-state index < -0.39 is 0 Å². The maximum Gasteiger partial charge on any atom is 0.310 e. The minimum Gasteiger partial charge on any atom is -0.448 e. The molecular weight excluding hydrogens is 323 g/mol. The van der Waals surface area contributed by atoms with E-state index in [2.05, 4.69) is 15.3 Å². The van der Waals surface area contributed by atoms with E-state index in [1.165, 1.54) is 19.3 Å². The van der Waals surface area contributed by atoms with Crippen molar-refractivity contribution >= 4 is 34.9 Å². The number of hydrogen-bond acceptors (Lipinski definition) is 5.